The average molecular weight is 234 g/mol. The van der Waals surface area contributed by atoms with Gasteiger partial charge in [0, 0.05) is 5.54 Å². The highest BCUT2D eigenvalue weighted by atomic mass is 16.5. The molecule has 0 spiro atoms. The first-order valence-electron chi connectivity index (χ1n) is 6.32. The maximum absolute atomic E-state index is 5.58. The van der Waals surface area contributed by atoms with Crippen molar-refractivity contribution in [1.82, 2.24) is 10.6 Å². The van der Waals surface area contributed by atoms with Gasteiger partial charge in [-0.1, -0.05) is 24.3 Å². The smallest absolute Gasteiger partial charge is 0.0967 e. The van der Waals surface area contributed by atoms with Crippen LogP contribution in [0, 0.1) is 0 Å². The lowest BCUT2D eigenvalue weighted by atomic mass is 9.87. The van der Waals surface area contributed by atoms with Gasteiger partial charge in [0.15, 0.2) is 0 Å². The first-order valence-corrected chi connectivity index (χ1v) is 6.32. The van der Waals surface area contributed by atoms with Crippen LogP contribution in [0.3, 0.4) is 0 Å². The van der Waals surface area contributed by atoms with Gasteiger partial charge in [-0.25, -0.2) is 0 Å². The van der Waals surface area contributed by atoms with Crippen molar-refractivity contribution in [3.8, 4) is 0 Å². The third-order valence-corrected chi connectivity index (χ3v) is 3.48. The molecule has 1 fully saturated rings. The third kappa shape index (κ3) is 2.86. The molecule has 2 rings (SSSR count). The summed E-state index contributed by atoms with van der Waals surface area (Å²) in [5.41, 5.74) is 2.80. The largest absolute Gasteiger partial charge is 0.362 e. The van der Waals surface area contributed by atoms with Gasteiger partial charge >= 0.3 is 0 Å². The van der Waals surface area contributed by atoms with Crippen LogP contribution in [0.2, 0.25) is 0 Å². The maximum atomic E-state index is 5.58. The molecule has 1 heterocycles. The summed E-state index contributed by atoms with van der Waals surface area (Å²) in [6.45, 7) is 4.67. The van der Waals surface area contributed by atoms with Crippen molar-refractivity contribution in [1.29, 1.82) is 0 Å². The highest BCUT2D eigenvalue weighted by Gasteiger charge is 2.31. The van der Waals surface area contributed by atoms with Crippen LogP contribution in [-0.4, -0.2) is 20.3 Å². The van der Waals surface area contributed by atoms with E-state index < -0.39 is 0 Å². The Hall–Kier alpha value is -0.900. The summed E-state index contributed by atoms with van der Waals surface area (Å²) in [5, 5.41) is 6.61. The van der Waals surface area contributed by atoms with E-state index in [0.717, 1.165) is 6.54 Å². The van der Waals surface area contributed by atoms with E-state index in [1.807, 2.05) is 7.05 Å². The molecule has 1 aromatic rings. The molecule has 1 unspecified atom stereocenters. The number of nitrogens with one attached hydrogen (secondary N) is 2. The molecule has 0 amide bonds. The minimum absolute atomic E-state index is 0.125. The van der Waals surface area contributed by atoms with E-state index in [2.05, 4.69) is 41.8 Å². The second-order valence-electron chi connectivity index (χ2n) is 4.87. The van der Waals surface area contributed by atoms with Gasteiger partial charge in [0.1, 0.15) is 0 Å². The first-order chi connectivity index (χ1) is 8.26. The van der Waals surface area contributed by atoms with Gasteiger partial charge in [-0.15, -0.1) is 0 Å². The molecular formula is C14H22N2O. The minimum atomic E-state index is 0.125. The monoisotopic (exact) mass is 234 g/mol. The summed E-state index contributed by atoms with van der Waals surface area (Å²) < 4.78 is 5.58. The Morgan fingerprint density at radius 1 is 1.41 bits per heavy atom. The molecule has 0 aliphatic carbocycles. The molecular weight excluding hydrogens is 212 g/mol. The highest BCUT2D eigenvalue weighted by Crippen LogP contribution is 2.32. The summed E-state index contributed by atoms with van der Waals surface area (Å²) >= 11 is 0. The predicted molar refractivity (Wildman–Crippen MR) is 69.7 cm³/mol. The van der Waals surface area contributed by atoms with Gasteiger partial charge in [0.25, 0.3) is 0 Å². The fraction of sp³-hybridized carbons (Fsp3) is 0.571. The van der Waals surface area contributed by atoms with Crippen LogP contribution in [0.25, 0.3) is 0 Å². The summed E-state index contributed by atoms with van der Waals surface area (Å²) in [4.78, 5) is 0. The lowest BCUT2D eigenvalue weighted by Crippen LogP contribution is -2.34. The van der Waals surface area contributed by atoms with Crippen molar-refractivity contribution in [3.63, 3.8) is 0 Å². The topological polar surface area (TPSA) is 33.3 Å². The quantitative estimate of drug-likeness (QED) is 0.604. The Bertz CT molecular complexity index is 359. The van der Waals surface area contributed by atoms with Crippen molar-refractivity contribution in [2.24, 2.45) is 0 Å². The van der Waals surface area contributed by atoms with Gasteiger partial charge in [-0.3, -0.25) is 5.32 Å². The number of rotatable bonds is 5. The van der Waals surface area contributed by atoms with Crippen molar-refractivity contribution in [3.05, 3.63) is 35.4 Å². The standard InChI is InChI=1S/C14H22N2O/c1-14(8-5-9-16-14)13-7-4-3-6-12(13)10-17-11-15-2/h3-4,6-7,15-16H,5,8-11H2,1-2H3. The van der Waals surface area contributed by atoms with Crippen LogP contribution in [0.1, 0.15) is 30.9 Å². The maximum Gasteiger partial charge on any atom is 0.0967 e. The highest BCUT2D eigenvalue weighted by molar-refractivity contribution is 5.33. The van der Waals surface area contributed by atoms with Gasteiger partial charge in [0.2, 0.25) is 0 Å². The van der Waals surface area contributed by atoms with E-state index in [9.17, 15) is 0 Å². The molecule has 1 aromatic carbocycles. The van der Waals surface area contributed by atoms with Gasteiger partial charge in [-0.2, -0.15) is 0 Å². The Morgan fingerprint density at radius 3 is 2.94 bits per heavy atom. The van der Waals surface area contributed by atoms with Crippen LogP contribution in [0.4, 0.5) is 0 Å². The molecule has 1 aliphatic rings. The molecule has 1 atom stereocenters. The summed E-state index contributed by atoms with van der Waals surface area (Å²) in [5.74, 6) is 0. The second-order valence-corrected chi connectivity index (χ2v) is 4.87. The fourth-order valence-corrected chi connectivity index (χ4v) is 2.57. The number of ether oxygens (including phenoxy) is 1. The van der Waals surface area contributed by atoms with E-state index in [1.165, 1.54) is 24.0 Å². The van der Waals surface area contributed by atoms with E-state index in [1.54, 1.807) is 0 Å². The predicted octanol–water partition coefficient (Wildman–Crippen LogP) is 1.98. The van der Waals surface area contributed by atoms with Crippen LogP contribution in [-0.2, 0) is 16.9 Å². The van der Waals surface area contributed by atoms with E-state index in [4.69, 9.17) is 4.74 Å². The van der Waals surface area contributed by atoms with E-state index in [-0.39, 0.29) is 5.54 Å². The molecule has 94 valence electrons. The zero-order valence-corrected chi connectivity index (χ0v) is 10.8. The minimum Gasteiger partial charge on any atom is -0.362 e. The van der Waals surface area contributed by atoms with Crippen molar-refractivity contribution < 1.29 is 4.74 Å². The molecule has 2 N–H and O–H groups in total. The average Bonchev–Trinajstić information content (AvgIpc) is 2.78. The normalized spacial score (nSPS) is 24.1. The molecule has 0 radical (unpaired) electrons. The van der Waals surface area contributed by atoms with Crippen molar-refractivity contribution in [2.45, 2.75) is 31.9 Å². The van der Waals surface area contributed by atoms with Gasteiger partial charge in [-0.05, 0) is 44.5 Å². The lowest BCUT2D eigenvalue weighted by Gasteiger charge is -2.27. The zero-order valence-electron chi connectivity index (χ0n) is 10.8. The molecule has 0 saturated carbocycles. The number of hydrogen-bond donors (Lipinski definition) is 2. The Labute approximate surface area is 104 Å². The van der Waals surface area contributed by atoms with Crippen molar-refractivity contribution in [2.75, 3.05) is 20.3 Å². The van der Waals surface area contributed by atoms with Gasteiger partial charge < -0.3 is 10.1 Å². The van der Waals surface area contributed by atoms with Gasteiger partial charge in [0.05, 0.1) is 13.3 Å². The Morgan fingerprint density at radius 2 is 2.24 bits per heavy atom. The van der Waals surface area contributed by atoms with Crippen LogP contribution in [0.15, 0.2) is 24.3 Å². The summed E-state index contributed by atoms with van der Waals surface area (Å²) in [6, 6.07) is 8.58. The Balaban J connectivity index is 2.15. The lowest BCUT2D eigenvalue weighted by molar-refractivity contribution is 0.107. The SMILES string of the molecule is CNCOCc1ccccc1C1(C)CCCN1. The first kappa shape index (κ1) is 12.6. The third-order valence-electron chi connectivity index (χ3n) is 3.48. The molecule has 1 aliphatic heterocycles. The molecule has 0 bridgehead atoms. The molecule has 0 aromatic heterocycles. The second kappa shape index (κ2) is 5.63. The fourth-order valence-electron chi connectivity index (χ4n) is 2.57. The number of hydrogen-bond acceptors (Lipinski definition) is 3. The summed E-state index contributed by atoms with van der Waals surface area (Å²) in [7, 11) is 1.89. The van der Waals surface area contributed by atoms with Crippen LogP contribution >= 0.6 is 0 Å². The van der Waals surface area contributed by atoms with E-state index in [0.29, 0.717) is 13.3 Å². The molecule has 3 nitrogen and oxygen atoms in total. The molecule has 1 saturated heterocycles. The molecule has 17 heavy (non-hydrogen) atoms. The Kier molecular flexibility index (Phi) is 4.15. The summed E-state index contributed by atoms with van der Waals surface area (Å²) in [6.07, 6.45) is 2.46. The van der Waals surface area contributed by atoms with Crippen LogP contribution in [0.5, 0.6) is 0 Å². The van der Waals surface area contributed by atoms with Crippen LogP contribution < -0.4 is 10.6 Å². The number of benzene rings is 1. The van der Waals surface area contributed by atoms with E-state index >= 15 is 0 Å². The van der Waals surface area contributed by atoms with Crippen molar-refractivity contribution >= 4 is 0 Å². The molecule has 3 heteroatoms. The zero-order chi connectivity index (χ0) is 12.1.